The standard InChI is InChI=1S/C77H58F3N3/c1-47-22-30-55(31-23-47)82(57-32-24-48-14-6-8-16-50(48)40-57)59-36-39-64-65(44-59)74(53-27-38-63-61-19-11-13-21-69(61)76(4,5)71(63)43-53)67-46-81-72(45-66(67)73(64)52-26-37-62-60-18-10-12-20-68(60)75(2,3)70(62)42-52)83(56-34-28-54(29-35-56)77(78,79)80)58-33-25-49-15-7-9-17-51(49)41-58/h6,8-14,16-46H,7,15H2,1-5H3. The Morgan fingerprint density at radius 1 is 0.434 bits per heavy atom. The Hall–Kier alpha value is -9.52. The van der Waals surface area contributed by atoms with Gasteiger partial charge in [0.25, 0.3) is 0 Å². The molecule has 0 atom stereocenters. The molecule has 3 aliphatic carbocycles. The molecule has 6 heteroatoms. The van der Waals surface area contributed by atoms with Gasteiger partial charge in [-0.15, -0.1) is 0 Å². The van der Waals surface area contributed by atoms with E-state index in [2.05, 4.69) is 246 Å². The van der Waals surface area contributed by atoms with E-state index in [1.54, 1.807) is 12.1 Å². The molecule has 83 heavy (non-hydrogen) atoms. The van der Waals surface area contributed by atoms with E-state index in [1.165, 1.54) is 73.2 Å². The normalized spacial score (nSPS) is 14.3. The van der Waals surface area contributed by atoms with Gasteiger partial charge in [-0.25, -0.2) is 4.98 Å². The molecular formula is C77H58F3N3. The van der Waals surface area contributed by atoms with Crippen LogP contribution in [0.25, 0.3) is 82.9 Å². The van der Waals surface area contributed by atoms with Crippen LogP contribution in [-0.4, -0.2) is 4.98 Å². The number of fused-ring (bicyclic) bond motifs is 10. The highest BCUT2D eigenvalue weighted by Gasteiger charge is 2.38. The molecule has 0 saturated heterocycles. The lowest BCUT2D eigenvalue weighted by atomic mass is 9.79. The van der Waals surface area contributed by atoms with Gasteiger partial charge in [0.05, 0.1) is 5.56 Å². The summed E-state index contributed by atoms with van der Waals surface area (Å²) in [5.41, 5.74) is 21.0. The van der Waals surface area contributed by atoms with Crippen LogP contribution in [0.5, 0.6) is 0 Å². The zero-order chi connectivity index (χ0) is 56.5. The van der Waals surface area contributed by atoms with Crippen LogP contribution in [0.4, 0.5) is 47.4 Å². The van der Waals surface area contributed by atoms with Crippen LogP contribution < -0.4 is 9.80 Å². The van der Waals surface area contributed by atoms with E-state index < -0.39 is 11.7 Å². The maximum atomic E-state index is 14.3. The number of rotatable bonds is 8. The van der Waals surface area contributed by atoms with E-state index in [-0.39, 0.29) is 10.8 Å². The molecule has 0 unspecified atom stereocenters. The summed E-state index contributed by atoms with van der Waals surface area (Å²) in [5.74, 6) is 0.585. The number of alkyl halides is 3. The van der Waals surface area contributed by atoms with Crippen molar-refractivity contribution in [3.8, 4) is 44.5 Å². The molecular weight excluding hydrogens is 1020 g/mol. The second kappa shape index (κ2) is 18.8. The number of nitrogens with zero attached hydrogens (tertiary/aromatic N) is 3. The molecule has 0 N–H and O–H groups in total. The SMILES string of the molecule is Cc1ccc(N(c2ccc3ccccc3c2)c2ccc3c(-c4ccc5c(c4)C(C)(C)c4ccccc4-5)c4cc(N(c5ccc(C(F)(F)F)cc5)c5ccc6c(c5)C=CCC6)ncc4c(-c4ccc5c(c4)C(C)(C)c4ccccc4-5)c3c2)cc1. The van der Waals surface area contributed by atoms with Gasteiger partial charge in [0.15, 0.2) is 0 Å². The van der Waals surface area contributed by atoms with Gasteiger partial charge in [-0.05, 0) is 216 Å². The van der Waals surface area contributed by atoms with E-state index >= 15 is 0 Å². The molecule has 11 aromatic carbocycles. The van der Waals surface area contributed by atoms with Gasteiger partial charge in [0, 0.05) is 50.8 Å². The third kappa shape index (κ3) is 8.13. The summed E-state index contributed by atoms with van der Waals surface area (Å²) in [4.78, 5) is 9.86. The molecule has 3 nitrogen and oxygen atoms in total. The summed E-state index contributed by atoms with van der Waals surface area (Å²) in [6.45, 7) is 11.4. The summed E-state index contributed by atoms with van der Waals surface area (Å²) in [7, 11) is 0. The largest absolute Gasteiger partial charge is 0.416 e. The van der Waals surface area contributed by atoms with Gasteiger partial charge in [-0.3, -0.25) is 4.90 Å². The quantitative estimate of drug-likeness (QED) is 0.141. The molecule has 0 spiro atoms. The van der Waals surface area contributed by atoms with E-state index in [9.17, 15) is 13.2 Å². The van der Waals surface area contributed by atoms with Crippen molar-refractivity contribution in [1.82, 2.24) is 4.98 Å². The van der Waals surface area contributed by atoms with E-state index in [1.807, 2.05) is 11.1 Å². The van der Waals surface area contributed by atoms with Gasteiger partial charge < -0.3 is 4.90 Å². The van der Waals surface area contributed by atoms with Gasteiger partial charge >= 0.3 is 6.18 Å². The van der Waals surface area contributed by atoms with Crippen LogP contribution in [0, 0.1) is 6.92 Å². The lowest BCUT2D eigenvalue weighted by molar-refractivity contribution is -0.137. The van der Waals surface area contributed by atoms with Crippen molar-refractivity contribution >= 4 is 72.6 Å². The van der Waals surface area contributed by atoms with Crippen LogP contribution in [-0.2, 0) is 23.4 Å². The number of aryl methyl sites for hydroxylation is 2. The zero-order valence-electron chi connectivity index (χ0n) is 46.9. The molecule has 0 aliphatic heterocycles. The average molecular weight is 1080 g/mol. The number of pyridine rings is 1. The van der Waals surface area contributed by atoms with Gasteiger partial charge in [-0.2, -0.15) is 13.2 Å². The molecule has 0 fully saturated rings. The number of anilines is 6. The summed E-state index contributed by atoms with van der Waals surface area (Å²) < 4.78 is 42.9. The van der Waals surface area contributed by atoms with Crippen LogP contribution in [0.3, 0.4) is 0 Å². The highest BCUT2D eigenvalue weighted by atomic mass is 19.4. The van der Waals surface area contributed by atoms with E-state index in [4.69, 9.17) is 4.98 Å². The number of allylic oxidation sites excluding steroid dienone is 1. The third-order valence-electron chi connectivity index (χ3n) is 18.2. The van der Waals surface area contributed by atoms with E-state index in [0.717, 1.165) is 90.3 Å². The first kappa shape index (κ1) is 50.4. The van der Waals surface area contributed by atoms with Crippen molar-refractivity contribution in [2.24, 2.45) is 0 Å². The lowest BCUT2D eigenvalue weighted by Gasteiger charge is -2.29. The average Bonchev–Trinajstić information content (AvgIpc) is 3.03. The molecule has 1 heterocycles. The highest BCUT2D eigenvalue weighted by Crippen LogP contribution is 2.55. The highest BCUT2D eigenvalue weighted by molar-refractivity contribution is 6.23. The molecule has 0 bridgehead atoms. The van der Waals surface area contributed by atoms with Crippen molar-refractivity contribution in [1.29, 1.82) is 0 Å². The molecule has 15 rings (SSSR count). The zero-order valence-corrected chi connectivity index (χ0v) is 46.9. The molecule has 402 valence electrons. The topological polar surface area (TPSA) is 19.4 Å². The van der Waals surface area contributed by atoms with Crippen molar-refractivity contribution < 1.29 is 13.2 Å². The predicted molar refractivity (Wildman–Crippen MR) is 339 cm³/mol. The minimum atomic E-state index is -4.50. The molecule has 3 aliphatic rings. The fraction of sp³-hybridized carbons (Fsp3) is 0.130. The second-order valence-corrected chi connectivity index (χ2v) is 23.8. The third-order valence-corrected chi connectivity index (χ3v) is 18.2. The second-order valence-electron chi connectivity index (χ2n) is 23.8. The predicted octanol–water partition coefficient (Wildman–Crippen LogP) is 21.7. The number of hydrogen-bond donors (Lipinski definition) is 0. The van der Waals surface area contributed by atoms with Crippen LogP contribution >= 0.6 is 0 Å². The van der Waals surface area contributed by atoms with E-state index in [0.29, 0.717) is 11.5 Å². The fourth-order valence-electron chi connectivity index (χ4n) is 13.9. The van der Waals surface area contributed by atoms with Crippen LogP contribution in [0.2, 0.25) is 0 Å². The number of halogens is 3. The van der Waals surface area contributed by atoms with Crippen molar-refractivity contribution in [3.63, 3.8) is 0 Å². The van der Waals surface area contributed by atoms with Crippen LogP contribution in [0.15, 0.2) is 231 Å². The van der Waals surface area contributed by atoms with Gasteiger partial charge in [0.2, 0.25) is 0 Å². The Kier molecular flexibility index (Phi) is 11.4. The first-order valence-corrected chi connectivity index (χ1v) is 28.7. The minimum absolute atomic E-state index is 0.274. The Labute approximate surface area is 482 Å². The Morgan fingerprint density at radius 3 is 1.64 bits per heavy atom. The number of aromatic nitrogens is 1. The summed E-state index contributed by atoms with van der Waals surface area (Å²) in [5, 5.41) is 6.38. The molecule has 0 saturated carbocycles. The van der Waals surface area contributed by atoms with Gasteiger partial charge in [0.1, 0.15) is 5.82 Å². The number of benzene rings is 11. The molecule has 1 aromatic heterocycles. The maximum Gasteiger partial charge on any atom is 0.416 e. The first-order chi connectivity index (χ1) is 40.2. The maximum absolute atomic E-state index is 14.3. The smallest absolute Gasteiger partial charge is 0.310 e. The van der Waals surface area contributed by atoms with Crippen molar-refractivity contribution in [3.05, 3.63) is 275 Å². The summed E-state index contributed by atoms with van der Waals surface area (Å²) in [6, 6.07) is 76.5. The van der Waals surface area contributed by atoms with Crippen molar-refractivity contribution in [2.75, 3.05) is 9.80 Å². The first-order valence-electron chi connectivity index (χ1n) is 28.7. The Morgan fingerprint density at radius 2 is 0.964 bits per heavy atom. The lowest BCUT2D eigenvalue weighted by Crippen LogP contribution is -2.15. The van der Waals surface area contributed by atoms with Crippen molar-refractivity contribution in [2.45, 2.75) is 64.5 Å². The Balaban J connectivity index is 1.05. The summed E-state index contributed by atoms with van der Waals surface area (Å²) >= 11 is 0. The fourth-order valence-corrected chi connectivity index (χ4v) is 13.9. The molecule has 12 aromatic rings. The molecule has 0 radical (unpaired) electrons. The summed E-state index contributed by atoms with van der Waals surface area (Å²) in [6.07, 6.45) is 3.73. The van der Waals surface area contributed by atoms with Gasteiger partial charge in [-0.1, -0.05) is 173 Å². The molecule has 0 amide bonds. The minimum Gasteiger partial charge on any atom is -0.310 e. The monoisotopic (exact) mass is 1080 g/mol. The van der Waals surface area contributed by atoms with Crippen LogP contribution in [0.1, 0.15) is 78.6 Å². The number of hydrogen-bond acceptors (Lipinski definition) is 3. The Bertz CT molecular complexity index is 4680.